The van der Waals surface area contributed by atoms with Crippen LogP contribution in [-0.4, -0.2) is 29.0 Å². The summed E-state index contributed by atoms with van der Waals surface area (Å²) < 4.78 is 5.69. The molecule has 8 heteroatoms. The molecule has 156 valence electrons. The van der Waals surface area contributed by atoms with E-state index >= 15 is 0 Å². The molecule has 0 atom stereocenters. The first kappa shape index (κ1) is 20.1. The van der Waals surface area contributed by atoms with E-state index in [1.807, 2.05) is 44.4 Å². The number of nitrogen functional groups attached to an aromatic ring is 1. The Morgan fingerprint density at radius 3 is 2.55 bits per heavy atom. The molecule has 0 spiro atoms. The van der Waals surface area contributed by atoms with Crippen LogP contribution in [0.1, 0.15) is 11.1 Å². The van der Waals surface area contributed by atoms with Gasteiger partial charge < -0.3 is 15.4 Å². The van der Waals surface area contributed by atoms with Crippen molar-refractivity contribution >= 4 is 45.8 Å². The molecule has 0 saturated heterocycles. The molecule has 0 saturated carbocycles. The zero-order chi connectivity index (χ0) is 21.5. The van der Waals surface area contributed by atoms with Crippen molar-refractivity contribution in [2.24, 2.45) is 0 Å². The topological polar surface area (TPSA) is 77.2 Å². The lowest BCUT2D eigenvalue weighted by Gasteiger charge is -2.20. The highest BCUT2D eigenvalue weighted by Crippen LogP contribution is 2.40. The van der Waals surface area contributed by atoms with E-state index in [4.69, 9.17) is 27.1 Å². The third-order valence-corrected chi connectivity index (χ3v) is 6.39. The second kappa shape index (κ2) is 8.00. The molecule has 2 N–H and O–H groups in total. The predicted molar refractivity (Wildman–Crippen MR) is 126 cm³/mol. The molecule has 0 unspecified atom stereocenters. The first-order valence-electron chi connectivity index (χ1n) is 9.77. The quantitative estimate of drug-likeness (QED) is 0.460. The van der Waals surface area contributed by atoms with Crippen LogP contribution in [0, 0.1) is 0 Å². The lowest BCUT2D eigenvalue weighted by Crippen LogP contribution is -2.08. The summed E-state index contributed by atoms with van der Waals surface area (Å²) in [6, 6.07) is 16.2. The van der Waals surface area contributed by atoms with Gasteiger partial charge in [0, 0.05) is 30.2 Å². The molecule has 2 heterocycles. The van der Waals surface area contributed by atoms with Crippen LogP contribution in [0.15, 0.2) is 58.6 Å². The van der Waals surface area contributed by atoms with Gasteiger partial charge in [0.05, 0.1) is 18.2 Å². The molecule has 1 aromatic heterocycles. The molecule has 0 radical (unpaired) electrons. The summed E-state index contributed by atoms with van der Waals surface area (Å²) in [5.41, 5.74) is 10.2. The fourth-order valence-corrected chi connectivity index (χ4v) is 4.87. The van der Waals surface area contributed by atoms with Crippen LogP contribution in [-0.2, 0) is 18.0 Å². The standard InChI is InChI=1S/C23H20ClN5OS/c1-29(2)15-6-8-16(9-7-15)31-23-27-21(26-22(25)28-23)20-17-5-3-4-13-11-30-12-14(19(13)17)10-18(20)24/h3-10H,11-12H2,1-2H3,(H2,25,26,27,28). The van der Waals surface area contributed by atoms with Crippen LogP contribution in [0.5, 0.6) is 0 Å². The van der Waals surface area contributed by atoms with Crippen LogP contribution >= 0.6 is 23.4 Å². The summed E-state index contributed by atoms with van der Waals surface area (Å²) in [5, 5.41) is 3.25. The summed E-state index contributed by atoms with van der Waals surface area (Å²) in [6.07, 6.45) is 0. The van der Waals surface area contributed by atoms with Crippen LogP contribution in [0.2, 0.25) is 5.02 Å². The number of hydrogen-bond donors (Lipinski definition) is 1. The highest BCUT2D eigenvalue weighted by atomic mass is 35.5. The van der Waals surface area contributed by atoms with Crippen molar-refractivity contribution in [3.8, 4) is 11.4 Å². The minimum Gasteiger partial charge on any atom is -0.378 e. The fraction of sp³-hybridized carbons (Fsp3) is 0.174. The van der Waals surface area contributed by atoms with E-state index < -0.39 is 0 Å². The Kier molecular flexibility index (Phi) is 5.17. The maximum atomic E-state index is 6.70. The lowest BCUT2D eigenvalue weighted by molar-refractivity contribution is 0.103. The second-order valence-corrected chi connectivity index (χ2v) is 8.96. The number of nitrogens with zero attached hydrogens (tertiary/aromatic N) is 4. The Morgan fingerprint density at radius 2 is 1.77 bits per heavy atom. The molecule has 1 aliphatic rings. The zero-order valence-electron chi connectivity index (χ0n) is 17.1. The van der Waals surface area contributed by atoms with E-state index in [0.717, 1.165) is 38.0 Å². The number of nitrogens with two attached hydrogens (primary N) is 1. The van der Waals surface area contributed by atoms with Gasteiger partial charge in [-0.3, -0.25) is 0 Å². The maximum absolute atomic E-state index is 6.70. The van der Waals surface area contributed by atoms with Gasteiger partial charge in [-0.15, -0.1) is 0 Å². The summed E-state index contributed by atoms with van der Waals surface area (Å²) in [5.74, 6) is 0.636. The van der Waals surface area contributed by atoms with Gasteiger partial charge in [-0.05, 0) is 64.0 Å². The molecule has 0 bridgehead atoms. The van der Waals surface area contributed by atoms with Crippen LogP contribution in [0.25, 0.3) is 22.2 Å². The molecule has 3 aromatic carbocycles. The average Bonchev–Trinajstić information content (AvgIpc) is 2.74. The molecule has 4 aromatic rings. The SMILES string of the molecule is CN(C)c1ccc(Sc2nc(N)nc(-c3c(Cl)cc4c5c(cccc35)COC4)n2)cc1. The number of halogens is 1. The monoisotopic (exact) mass is 449 g/mol. The number of rotatable bonds is 4. The number of benzene rings is 3. The van der Waals surface area contributed by atoms with E-state index in [9.17, 15) is 0 Å². The first-order chi connectivity index (χ1) is 15.0. The molecule has 31 heavy (non-hydrogen) atoms. The van der Waals surface area contributed by atoms with Crippen molar-refractivity contribution in [2.45, 2.75) is 23.3 Å². The third kappa shape index (κ3) is 3.80. The third-order valence-electron chi connectivity index (χ3n) is 5.21. The van der Waals surface area contributed by atoms with Crippen molar-refractivity contribution in [1.82, 2.24) is 15.0 Å². The van der Waals surface area contributed by atoms with Gasteiger partial charge in [-0.2, -0.15) is 9.97 Å². The molecule has 0 aliphatic carbocycles. The maximum Gasteiger partial charge on any atom is 0.224 e. The fourth-order valence-electron chi connectivity index (χ4n) is 3.79. The molecule has 1 aliphatic heterocycles. The highest BCUT2D eigenvalue weighted by molar-refractivity contribution is 7.99. The Labute approximate surface area is 189 Å². The number of aromatic nitrogens is 3. The summed E-state index contributed by atoms with van der Waals surface area (Å²) in [6.45, 7) is 1.12. The van der Waals surface area contributed by atoms with E-state index in [0.29, 0.717) is 29.2 Å². The van der Waals surface area contributed by atoms with Gasteiger partial charge in [0.2, 0.25) is 5.95 Å². The lowest BCUT2D eigenvalue weighted by atomic mass is 9.94. The van der Waals surface area contributed by atoms with Gasteiger partial charge in [0.1, 0.15) is 0 Å². The summed E-state index contributed by atoms with van der Waals surface area (Å²) in [7, 11) is 4.02. The number of ether oxygens (including phenoxy) is 1. The van der Waals surface area contributed by atoms with E-state index in [-0.39, 0.29) is 5.95 Å². The molecule has 5 rings (SSSR count). The Morgan fingerprint density at radius 1 is 1.00 bits per heavy atom. The van der Waals surface area contributed by atoms with Crippen LogP contribution < -0.4 is 10.6 Å². The van der Waals surface area contributed by atoms with Gasteiger partial charge in [0.25, 0.3) is 0 Å². The van der Waals surface area contributed by atoms with Gasteiger partial charge in [-0.1, -0.05) is 29.8 Å². The van der Waals surface area contributed by atoms with Gasteiger partial charge in [0.15, 0.2) is 11.0 Å². The van der Waals surface area contributed by atoms with E-state index in [1.165, 1.54) is 11.8 Å². The van der Waals surface area contributed by atoms with Crippen molar-refractivity contribution in [3.05, 3.63) is 64.7 Å². The molecular weight excluding hydrogens is 430 g/mol. The van der Waals surface area contributed by atoms with Gasteiger partial charge in [-0.25, -0.2) is 4.98 Å². The second-order valence-electron chi connectivity index (χ2n) is 7.52. The molecule has 6 nitrogen and oxygen atoms in total. The molecule has 0 fully saturated rings. The largest absolute Gasteiger partial charge is 0.378 e. The van der Waals surface area contributed by atoms with Crippen molar-refractivity contribution in [2.75, 3.05) is 24.7 Å². The first-order valence-corrected chi connectivity index (χ1v) is 11.0. The molecule has 0 amide bonds. The van der Waals surface area contributed by atoms with Crippen molar-refractivity contribution in [1.29, 1.82) is 0 Å². The minimum absolute atomic E-state index is 0.164. The number of hydrogen-bond acceptors (Lipinski definition) is 7. The Bertz CT molecular complexity index is 1290. The average molecular weight is 450 g/mol. The predicted octanol–water partition coefficient (Wildman–Crippen LogP) is 5.17. The van der Waals surface area contributed by atoms with Crippen LogP contribution in [0.4, 0.5) is 11.6 Å². The van der Waals surface area contributed by atoms with Crippen molar-refractivity contribution in [3.63, 3.8) is 0 Å². The summed E-state index contributed by atoms with van der Waals surface area (Å²) >= 11 is 8.14. The smallest absolute Gasteiger partial charge is 0.224 e. The number of anilines is 2. The normalized spacial score (nSPS) is 12.9. The molecular formula is C23H20ClN5OS. The van der Waals surface area contributed by atoms with Crippen molar-refractivity contribution < 1.29 is 4.74 Å². The van der Waals surface area contributed by atoms with E-state index in [1.54, 1.807) is 0 Å². The van der Waals surface area contributed by atoms with Gasteiger partial charge >= 0.3 is 0 Å². The Balaban J connectivity index is 1.59. The summed E-state index contributed by atoms with van der Waals surface area (Å²) in [4.78, 5) is 16.5. The minimum atomic E-state index is 0.164. The zero-order valence-corrected chi connectivity index (χ0v) is 18.7. The highest BCUT2D eigenvalue weighted by Gasteiger charge is 2.21. The van der Waals surface area contributed by atoms with E-state index in [2.05, 4.69) is 33.1 Å². The Hall–Kier alpha value is -2.87. The van der Waals surface area contributed by atoms with Crippen LogP contribution in [0.3, 0.4) is 0 Å².